The number of carbonyl (C=O) groups is 2. The van der Waals surface area contributed by atoms with Crippen molar-refractivity contribution in [3.05, 3.63) is 46.5 Å². The average molecular weight is 261 g/mol. The van der Waals surface area contributed by atoms with Crippen molar-refractivity contribution in [3.8, 4) is 0 Å². The van der Waals surface area contributed by atoms with Crippen LogP contribution in [0, 0.1) is 0 Å². The van der Waals surface area contributed by atoms with Crippen LogP contribution in [0.25, 0.3) is 0 Å². The van der Waals surface area contributed by atoms with Crippen LogP contribution in [-0.2, 0) is 23.8 Å². The van der Waals surface area contributed by atoms with E-state index in [-0.39, 0.29) is 11.1 Å². The van der Waals surface area contributed by atoms with Crippen molar-refractivity contribution in [2.45, 2.75) is 12.2 Å². The Morgan fingerprint density at radius 2 is 1.68 bits per heavy atom. The summed E-state index contributed by atoms with van der Waals surface area (Å²) >= 11 is 0. The minimum atomic E-state index is -1.71. The van der Waals surface area contributed by atoms with E-state index in [1.807, 2.05) is 0 Å². The molecule has 0 spiro atoms. The van der Waals surface area contributed by atoms with Crippen molar-refractivity contribution >= 4 is 11.9 Å². The van der Waals surface area contributed by atoms with Crippen LogP contribution in [-0.4, -0.2) is 26.2 Å². The third-order valence-electron chi connectivity index (χ3n) is 3.28. The van der Waals surface area contributed by atoms with Gasteiger partial charge < -0.3 is 14.2 Å². The Morgan fingerprint density at radius 3 is 2.32 bits per heavy atom. The minimum absolute atomic E-state index is 0.0491. The molecule has 19 heavy (non-hydrogen) atoms. The van der Waals surface area contributed by atoms with E-state index in [0.717, 1.165) is 0 Å². The number of carbonyl (C=O) groups excluding carboxylic acids is 2. The van der Waals surface area contributed by atoms with Gasteiger partial charge in [-0.05, 0) is 11.1 Å². The van der Waals surface area contributed by atoms with Gasteiger partial charge in [0.05, 0.1) is 26.7 Å². The summed E-state index contributed by atoms with van der Waals surface area (Å²) in [7, 11) is 2.42. The van der Waals surface area contributed by atoms with Gasteiger partial charge in [-0.3, -0.25) is 0 Å². The molecule has 3 rings (SSSR count). The molecule has 1 aromatic carbocycles. The van der Waals surface area contributed by atoms with Crippen molar-refractivity contribution in [3.63, 3.8) is 0 Å². The maximum atomic E-state index is 12.0. The molecule has 5 nitrogen and oxygen atoms in total. The van der Waals surface area contributed by atoms with Crippen molar-refractivity contribution in [2.75, 3.05) is 14.2 Å². The van der Waals surface area contributed by atoms with E-state index in [9.17, 15) is 9.59 Å². The molecular weight excluding hydrogens is 248 g/mol. The molecule has 2 bridgehead atoms. The molecule has 0 radical (unpaired) electrons. The van der Waals surface area contributed by atoms with Crippen LogP contribution >= 0.6 is 0 Å². The van der Waals surface area contributed by atoms with Gasteiger partial charge in [-0.1, -0.05) is 24.3 Å². The Morgan fingerprint density at radius 1 is 1.11 bits per heavy atom. The van der Waals surface area contributed by atoms with Crippen molar-refractivity contribution < 1.29 is 25.2 Å². The van der Waals surface area contributed by atoms with Crippen LogP contribution in [0.1, 0.15) is 24.7 Å². The number of benzene rings is 1. The second-order valence-corrected chi connectivity index (χ2v) is 4.19. The molecule has 0 saturated heterocycles. The van der Waals surface area contributed by atoms with E-state index in [4.69, 9.17) is 10.8 Å². The van der Waals surface area contributed by atoms with E-state index in [2.05, 4.69) is 4.74 Å². The topological polar surface area (TPSA) is 61.8 Å². The fraction of sp³-hybridized carbons (Fsp3) is 0.286. The number of hydrogen-bond acceptors (Lipinski definition) is 5. The van der Waals surface area contributed by atoms with Gasteiger partial charge in [-0.15, -0.1) is 0 Å². The molecular formula is C14H12O5. The number of methoxy groups -OCH3 is 2. The molecule has 5 heteroatoms. The standard InChI is InChI=1S/C14H12O5/c1-17-13(15)9-10(14(16)18-2)12-8-6-4-3-5-7(8)11(9)19-12/h3-6,11-12H,1-2H3/t11-,12+/i11D/m0/s1. The van der Waals surface area contributed by atoms with Gasteiger partial charge in [0.1, 0.15) is 12.2 Å². The lowest BCUT2D eigenvalue weighted by molar-refractivity contribution is -0.139. The first kappa shape index (κ1) is 10.8. The largest absolute Gasteiger partial charge is 0.466 e. The first-order chi connectivity index (χ1) is 9.54. The van der Waals surface area contributed by atoms with Gasteiger partial charge in [-0.25, -0.2) is 9.59 Å². The summed E-state index contributed by atoms with van der Waals surface area (Å²) in [6.45, 7) is 0. The maximum absolute atomic E-state index is 12.0. The van der Waals surface area contributed by atoms with Gasteiger partial charge in [0.15, 0.2) is 0 Å². The van der Waals surface area contributed by atoms with Crippen LogP contribution in [0.2, 0.25) is 0 Å². The SMILES string of the molecule is [2H][C@@]12O[C@@H](C(C(=O)OC)=C1C(=O)OC)c1ccccc12. The van der Waals surface area contributed by atoms with Gasteiger partial charge >= 0.3 is 11.9 Å². The van der Waals surface area contributed by atoms with Crippen LogP contribution in [0.3, 0.4) is 0 Å². The molecule has 2 atom stereocenters. The first-order valence-electron chi connectivity index (χ1n) is 6.23. The fourth-order valence-electron chi connectivity index (χ4n) is 2.46. The molecule has 0 aromatic heterocycles. The second kappa shape index (κ2) is 4.20. The molecule has 0 amide bonds. The molecule has 0 N–H and O–H groups in total. The van der Waals surface area contributed by atoms with Crippen LogP contribution < -0.4 is 0 Å². The Kier molecular flexibility index (Phi) is 2.38. The van der Waals surface area contributed by atoms with Gasteiger partial charge in [0.25, 0.3) is 0 Å². The molecule has 98 valence electrons. The summed E-state index contributed by atoms with van der Waals surface area (Å²) in [5, 5.41) is 0. The highest BCUT2D eigenvalue weighted by atomic mass is 16.5. The third kappa shape index (κ3) is 1.51. The Bertz CT molecular complexity index is 651. The van der Waals surface area contributed by atoms with E-state index < -0.39 is 24.1 Å². The fourth-order valence-corrected chi connectivity index (χ4v) is 2.46. The zero-order valence-corrected chi connectivity index (χ0v) is 10.4. The molecule has 1 aromatic rings. The highest BCUT2D eigenvalue weighted by Gasteiger charge is 2.50. The smallest absolute Gasteiger partial charge is 0.337 e. The highest BCUT2D eigenvalue weighted by Crippen LogP contribution is 2.54. The van der Waals surface area contributed by atoms with Crippen molar-refractivity contribution in [1.29, 1.82) is 0 Å². The molecule has 2 aliphatic rings. The second-order valence-electron chi connectivity index (χ2n) is 4.19. The summed E-state index contributed by atoms with van der Waals surface area (Å²) in [5.41, 5.74) is 1.21. The van der Waals surface area contributed by atoms with E-state index in [1.165, 1.54) is 14.2 Å². The zero-order chi connectivity index (χ0) is 14.5. The van der Waals surface area contributed by atoms with E-state index >= 15 is 0 Å². The monoisotopic (exact) mass is 261 g/mol. The number of hydrogen-bond donors (Lipinski definition) is 0. The number of fused-ring (bicyclic) bond motifs is 5. The quantitative estimate of drug-likeness (QED) is 0.754. The van der Waals surface area contributed by atoms with Crippen LogP contribution in [0.5, 0.6) is 0 Å². The Hall–Kier alpha value is -2.14. The van der Waals surface area contributed by atoms with E-state index in [0.29, 0.717) is 11.1 Å². The lowest BCUT2D eigenvalue weighted by Gasteiger charge is -2.16. The van der Waals surface area contributed by atoms with Gasteiger partial charge in [0, 0.05) is 0 Å². The molecule has 0 saturated carbocycles. The molecule has 2 aliphatic heterocycles. The van der Waals surface area contributed by atoms with Crippen molar-refractivity contribution in [1.82, 2.24) is 0 Å². The summed E-state index contributed by atoms with van der Waals surface area (Å²) in [5.74, 6) is -1.43. The Balaban J connectivity index is 2.25. The number of ether oxygens (including phenoxy) is 3. The summed E-state index contributed by atoms with van der Waals surface area (Å²) < 4.78 is 23.4. The molecule has 0 aliphatic carbocycles. The minimum Gasteiger partial charge on any atom is -0.466 e. The number of rotatable bonds is 2. The van der Waals surface area contributed by atoms with E-state index in [1.54, 1.807) is 24.3 Å². The summed E-state index contributed by atoms with van der Waals surface area (Å²) in [4.78, 5) is 23.9. The zero-order valence-electron chi connectivity index (χ0n) is 11.4. The molecule has 0 fully saturated rings. The number of esters is 2. The Labute approximate surface area is 111 Å². The maximum Gasteiger partial charge on any atom is 0.337 e. The highest BCUT2D eigenvalue weighted by molar-refractivity contribution is 6.04. The third-order valence-corrected chi connectivity index (χ3v) is 3.28. The summed E-state index contributed by atoms with van der Waals surface area (Å²) in [6.07, 6.45) is -2.47. The lowest BCUT2D eigenvalue weighted by Crippen LogP contribution is -2.19. The predicted molar refractivity (Wildman–Crippen MR) is 64.1 cm³/mol. The lowest BCUT2D eigenvalue weighted by atomic mass is 9.86. The van der Waals surface area contributed by atoms with Crippen LogP contribution in [0.15, 0.2) is 35.4 Å². The van der Waals surface area contributed by atoms with Crippen molar-refractivity contribution in [2.24, 2.45) is 0 Å². The van der Waals surface area contributed by atoms with Gasteiger partial charge in [-0.2, -0.15) is 0 Å². The normalized spacial score (nSPS) is 27.9. The average Bonchev–Trinajstić information content (AvgIpc) is 2.95. The molecule has 0 unspecified atom stereocenters. The predicted octanol–water partition coefficient (Wildman–Crippen LogP) is 1.46. The van der Waals surface area contributed by atoms with Crippen LogP contribution in [0.4, 0.5) is 0 Å². The summed E-state index contributed by atoms with van der Waals surface area (Å²) in [6, 6.07) is 7.03. The first-order valence-corrected chi connectivity index (χ1v) is 5.73. The molecule has 2 heterocycles. The van der Waals surface area contributed by atoms with Gasteiger partial charge in [0.2, 0.25) is 0 Å².